The molecule has 0 bridgehead atoms. The lowest BCUT2D eigenvalue weighted by atomic mass is 9.89. The molecule has 3 rings (SSSR count). The van der Waals surface area contributed by atoms with Crippen molar-refractivity contribution in [1.29, 1.82) is 0 Å². The van der Waals surface area contributed by atoms with E-state index in [0.717, 1.165) is 0 Å². The number of alkyl halides is 3. The van der Waals surface area contributed by atoms with Crippen molar-refractivity contribution in [3.8, 4) is 5.75 Å². The number of nitro benzene ring substituents is 1. The first-order valence-corrected chi connectivity index (χ1v) is 9.17. The van der Waals surface area contributed by atoms with Crippen molar-refractivity contribution in [2.75, 3.05) is 6.61 Å². The first-order chi connectivity index (χ1) is 14.2. The summed E-state index contributed by atoms with van der Waals surface area (Å²) in [5.41, 5.74) is 1.25. The van der Waals surface area contributed by atoms with Crippen LogP contribution >= 0.6 is 0 Å². The van der Waals surface area contributed by atoms with Crippen molar-refractivity contribution in [3.63, 3.8) is 0 Å². The number of oxime groups is 1. The lowest BCUT2D eigenvalue weighted by molar-refractivity contribution is -0.385. The summed E-state index contributed by atoms with van der Waals surface area (Å²) in [6.45, 7) is 1.54. The molecule has 160 valence electrons. The normalized spacial score (nSPS) is 21.8. The van der Waals surface area contributed by atoms with Crippen molar-refractivity contribution in [2.24, 2.45) is 5.16 Å². The fraction of sp³-hybridized carbons (Fsp3) is 0.350. The number of nitrogens with one attached hydrogen (secondary N) is 1. The maximum Gasteiger partial charge on any atom is 0.404 e. The highest BCUT2D eigenvalue weighted by molar-refractivity contribution is 5.79. The summed E-state index contributed by atoms with van der Waals surface area (Å²) in [7, 11) is 0. The molecule has 3 unspecified atom stereocenters. The summed E-state index contributed by atoms with van der Waals surface area (Å²) in [5.74, 6) is -0.397. The third kappa shape index (κ3) is 4.88. The molecule has 1 heterocycles. The van der Waals surface area contributed by atoms with E-state index in [4.69, 9.17) is 9.94 Å². The molecule has 7 nitrogen and oxygen atoms in total. The van der Waals surface area contributed by atoms with Crippen LogP contribution in [0.15, 0.2) is 47.6 Å². The van der Waals surface area contributed by atoms with E-state index in [1.807, 2.05) is 0 Å². The molecule has 0 saturated carbocycles. The molecule has 3 atom stereocenters. The molecule has 0 aliphatic carbocycles. The van der Waals surface area contributed by atoms with Gasteiger partial charge in [0.25, 0.3) is 5.69 Å². The van der Waals surface area contributed by atoms with Crippen LogP contribution < -0.4 is 10.1 Å². The molecule has 0 spiro atoms. The summed E-state index contributed by atoms with van der Waals surface area (Å²) in [6, 6.07) is 8.34. The molecule has 30 heavy (non-hydrogen) atoms. The third-order valence-electron chi connectivity index (χ3n) is 5.09. The van der Waals surface area contributed by atoms with Crippen LogP contribution in [0.3, 0.4) is 0 Å². The number of nitro groups is 1. The zero-order valence-corrected chi connectivity index (χ0v) is 16.0. The monoisotopic (exact) mass is 423 g/mol. The zero-order chi connectivity index (χ0) is 21.9. The maximum atomic E-state index is 13.6. The molecule has 0 radical (unpaired) electrons. The van der Waals surface area contributed by atoms with Gasteiger partial charge in [0.2, 0.25) is 0 Å². The van der Waals surface area contributed by atoms with Crippen LogP contribution in [-0.2, 0) is 0 Å². The Bertz CT molecular complexity index is 932. The second-order valence-corrected chi connectivity index (χ2v) is 7.15. The van der Waals surface area contributed by atoms with E-state index >= 15 is 0 Å². The lowest BCUT2D eigenvalue weighted by Crippen LogP contribution is -2.44. The minimum Gasteiger partial charge on any atom is -0.492 e. The van der Waals surface area contributed by atoms with Crippen molar-refractivity contribution in [1.82, 2.24) is 5.32 Å². The van der Waals surface area contributed by atoms with Crippen LogP contribution in [0, 0.1) is 17.0 Å². The largest absolute Gasteiger partial charge is 0.492 e. The minimum atomic E-state index is -4.47. The van der Waals surface area contributed by atoms with Crippen molar-refractivity contribution < 1.29 is 28.0 Å². The Balaban J connectivity index is 1.73. The smallest absolute Gasteiger partial charge is 0.404 e. The predicted molar refractivity (Wildman–Crippen MR) is 103 cm³/mol. The predicted octanol–water partition coefficient (Wildman–Crippen LogP) is 4.17. The maximum absolute atomic E-state index is 13.6. The van der Waals surface area contributed by atoms with Crippen molar-refractivity contribution in [2.45, 2.75) is 37.5 Å². The average Bonchev–Trinajstić information content (AvgIpc) is 3.12. The number of hydrogen-bond donors (Lipinski definition) is 2. The first-order valence-electron chi connectivity index (χ1n) is 9.17. The van der Waals surface area contributed by atoms with E-state index in [0.29, 0.717) is 22.4 Å². The molecule has 0 aromatic heterocycles. The molecule has 0 amide bonds. The molecule has 10 heteroatoms. The van der Waals surface area contributed by atoms with E-state index in [1.54, 1.807) is 24.3 Å². The molecule has 1 aliphatic rings. The highest BCUT2D eigenvalue weighted by atomic mass is 19.4. The summed E-state index contributed by atoms with van der Waals surface area (Å²) < 4.78 is 46.5. The average molecular weight is 423 g/mol. The Kier molecular flexibility index (Phi) is 6.25. The van der Waals surface area contributed by atoms with Crippen LogP contribution in [0.5, 0.6) is 5.75 Å². The number of rotatable bonds is 6. The van der Waals surface area contributed by atoms with Crippen molar-refractivity contribution >= 4 is 11.9 Å². The molecular formula is C20H20F3N3O4. The van der Waals surface area contributed by atoms with Gasteiger partial charge in [0, 0.05) is 23.6 Å². The minimum absolute atomic E-state index is 0.0302. The number of hydrogen-bond acceptors (Lipinski definition) is 6. The Morgan fingerprint density at radius 2 is 2.00 bits per heavy atom. The number of nitrogens with zero attached hydrogens (tertiary/aromatic N) is 2. The Labute approximate surface area is 170 Å². The van der Waals surface area contributed by atoms with Crippen LogP contribution in [-0.4, -0.2) is 41.2 Å². The second-order valence-electron chi connectivity index (χ2n) is 7.15. The number of halogens is 3. The first kappa shape index (κ1) is 21.6. The fourth-order valence-corrected chi connectivity index (χ4v) is 3.68. The van der Waals surface area contributed by atoms with Crippen LogP contribution in [0.25, 0.3) is 0 Å². The van der Waals surface area contributed by atoms with E-state index in [1.165, 1.54) is 31.3 Å². The Hall–Kier alpha value is -3.14. The van der Waals surface area contributed by atoms with Gasteiger partial charge in [-0.05, 0) is 54.8 Å². The number of aryl methyl sites for hydroxylation is 1. The van der Waals surface area contributed by atoms with Gasteiger partial charge in [-0.15, -0.1) is 0 Å². The van der Waals surface area contributed by atoms with Gasteiger partial charge in [-0.2, -0.15) is 13.2 Å². The number of benzene rings is 2. The van der Waals surface area contributed by atoms with Crippen LogP contribution in [0.4, 0.5) is 18.9 Å². The third-order valence-corrected chi connectivity index (χ3v) is 5.09. The Morgan fingerprint density at radius 3 is 2.57 bits per heavy atom. The van der Waals surface area contributed by atoms with Gasteiger partial charge in [0.15, 0.2) is 0 Å². The molecule has 1 saturated heterocycles. The fourth-order valence-electron chi connectivity index (χ4n) is 3.68. The highest BCUT2D eigenvalue weighted by Crippen LogP contribution is 2.40. The molecule has 2 aromatic rings. The van der Waals surface area contributed by atoms with Gasteiger partial charge in [0.05, 0.1) is 11.1 Å². The Morgan fingerprint density at radius 1 is 1.30 bits per heavy atom. The van der Waals surface area contributed by atoms with E-state index in [9.17, 15) is 23.3 Å². The van der Waals surface area contributed by atoms with Gasteiger partial charge in [-0.25, -0.2) is 0 Å². The van der Waals surface area contributed by atoms with Crippen LogP contribution in [0.2, 0.25) is 0 Å². The highest BCUT2D eigenvalue weighted by Gasteiger charge is 2.50. The number of ether oxygens (including phenoxy) is 1. The second kappa shape index (κ2) is 8.70. The van der Waals surface area contributed by atoms with Gasteiger partial charge in [-0.1, -0.05) is 11.2 Å². The van der Waals surface area contributed by atoms with E-state index in [-0.39, 0.29) is 18.7 Å². The summed E-state index contributed by atoms with van der Waals surface area (Å²) in [6.07, 6.45) is -3.05. The molecule has 1 fully saturated rings. The summed E-state index contributed by atoms with van der Waals surface area (Å²) in [5, 5.41) is 25.0. The SMILES string of the molecule is Cc1cc(C2CC(COc3ccc(/C=N/O)cc3)NC2C(F)(F)F)ccc1[N+](=O)[O-]. The van der Waals surface area contributed by atoms with Crippen molar-refractivity contribution in [3.05, 3.63) is 69.3 Å². The lowest BCUT2D eigenvalue weighted by Gasteiger charge is -2.23. The zero-order valence-electron chi connectivity index (χ0n) is 16.0. The van der Waals surface area contributed by atoms with Crippen LogP contribution in [0.1, 0.15) is 29.0 Å². The molecule has 2 N–H and O–H groups in total. The quantitative estimate of drug-likeness (QED) is 0.315. The molecular weight excluding hydrogens is 403 g/mol. The van der Waals surface area contributed by atoms with Gasteiger partial charge in [-0.3, -0.25) is 15.4 Å². The molecule has 1 aliphatic heterocycles. The summed E-state index contributed by atoms with van der Waals surface area (Å²) in [4.78, 5) is 10.4. The topological polar surface area (TPSA) is 97.0 Å². The van der Waals surface area contributed by atoms with E-state index < -0.39 is 29.1 Å². The van der Waals surface area contributed by atoms with Gasteiger partial charge in [0.1, 0.15) is 18.4 Å². The van der Waals surface area contributed by atoms with Gasteiger partial charge >= 0.3 is 6.18 Å². The standard InChI is InChI=1S/C20H20F3N3O4/c1-12-8-14(4-7-18(12)26(28)29)17-9-15(25-19(17)20(21,22)23)11-30-16-5-2-13(3-6-16)10-24-27/h2-8,10,15,17,19,25,27H,9,11H2,1H3/b24-10+. The van der Waals surface area contributed by atoms with Gasteiger partial charge < -0.3 is 9.94 Å². The van der Waals surface area contributed by atoms with E-state index in [2.05, 4.69) is 10.5 Å². The summed E-state index contributed by atoms with van der Waals surface area (Å²) >= 11 is 0. The molecule has 2 aromatic carbocycles.